The monoisotopic (exact) mass is 329 g/mol. The molecule has 1 heterocycles. The summed E-state index contributed by atoms with van der Waals surface area (Å²) in [6.45, 7) is 2.40. The Morgan fingerprint density at radius 3 is 2.96 bits per heavy atom. The quantitative estimate of drug-likeness (QED) is 0.902. The molecule has 0 aliphatic heterocycles. The van der Waals surface area contributed by atoms with Crippen LogP contribution >= 0.6 is 0 Å². The minimum Gasteiger partial charge on any atom is -0.441 e. The third-order valence-corrected chi connectivity index (χ3v) is 4.46. The number of hydrogen-bond donors (Lipinski definition) is 2. The molecule has 24 heavy (non-hydrogen) atoms. The van der Waals surface area contributed by atoms with E-state index in [9.17, 15) is 9.90 Å². The number of benzene rings is 1. The van der Waals surface area contributed by atoms with Gasteiger partial charge in [-0.25, -0.2) is 9.78 Å². The van der Waals surface area contributed by atoms with E-state index in [0.29, 0.717) is 18.1 Å². The minimum atomic E-state index is -0.295. The van der Waals surface area contributed by atoms with Crippen LogP contribution in [0.1, 0.15) is 25.0 Å². The van der Waals surface area contributed by atoms with Gasteiger partial charge in [0.2, 0.25) is 5.89 Å². The number of rotatable bonds is 4. The SMILES string of the molecule is Cc1cnc(-c2cccc(NC(=O)N(C)CC3CCCC3O)c2)o1. The predicted octanol–water partition coefficient (Wildman–Crippen LogP) is 3.27. The standard InChI is InChI=1S/C18H23N3O3/c1-12-10-19-17(24-12)13-5-3-7-15(9-13)20-18(23)21(2)11-14-6-4-8-16(14)22/h3,5,7,9-10,14,16,22H,4,6,8,11H2,1-2H3,(H,20,23). The number of urea groups is 1. The Labute approximate surface area is 141 Å². The average molecular weight is 329 g/mol. The molecule has 6 nitrogen and oxygen atoms in total. The van der Waals surface area contributed by atoms with E-state index < -0.39 is 0 Å². The first-order valence-corrected chi connectivity index (χ1v) is 8.26. The maximum Gasteiger partial charge on any atom is 0.321 e. The van der Waals surface area contributed by atoms with Crippen molar-refractivity contribution in [2.24, 2.45) is 5.92 Å². The molecule has 2 amide bonds. The van der Waals surface area contributed by atoms with Gasteiger partial charge in [-0.3, -0.25) is 0 Å². The molecule has 1 aromatic heterocycles. The summed E-state index contributed by atoms with van der Waals surface area (Å²) >= 11 is 0. The molecule has 1 saturated carbocycles. The fourth-order valence-corrected chi connectivity index (χ4v) is 3.10. The molecular weight excluding hydrogens is 306 g/mol. The van der Waals surface area contributed by atoms with E-state index in [1.807, 2.05) is 31.2 Å². The first-order chi connectivity index (χ1) is 11.5. The number of aromatic nitrogens is 1. The summed E-state index contributed by atoms with van der Waals surface area (Å²) in [6, 6.07) is 7.22. The van der Waals surface area contributed by atoms with Crippen molar-refractivity contribution in [1.29, 1.82) is 0 Å². The van der Waals surface area contributed by atoms with Gasteiger partial charge in [-0.1, -0.05) is 12.5 Å². The Hall–Kier alpha value is -2.34. The highest BCUT2D eigenvalue weighted by molar-refractivity contribution is 5.89. The molecule has 2 N–H and O–H groups in total. The van der Waals surface area contributed by atoms with Gasteiger partial charge in [0.1, 0.15) is 5.76 Å². The first-order valence-electron chi connectivity index (χ1n) is 8.26. The highest BCUT2D eigenvalue weighted by Crippen LogP contribution is 2.26. The van der Waals surface area contributed by atoms with Gasteiger partial charge in [-0.2, -0.15) is 0 Å². The number of anilines is 1. The van der Waals surface area contributed by atoms with Crippen LogP contribution < -0.4 is 5.32 Å². The number of nitrogens with zero attached hydrogens (tertiary/aromatic N) is 2. The van der Waals surface area contributed by atoms with Crippen molar-refractivity contribution in [2.75, 3.05) is 18.9 Å². The van der Waals surface area contributed by atoms with E-state index in [2.05, 4.69) is 10.3 Å². The first kappa shape index (κ1) is 16.5. The van der Waals surface area contributed by atoms with Crippen LogP contribution in [0.25, 0.3) is 11.5 Å². The number of hydrogen-bond acceptors (Lipinski definition) is 4. The Morgan fingerprint density at radius 2 is 2.29 bits per heavy atom. The van der Waals surface area contributed by atoms with Gasteiger partial charge in [0.15, 0.2) is 0 Å². The average Bonchev–Trinajstić information content (AvgIpc) is 3.16. The molecule has 1 aliphatic carbocycles. The maximum atomic E-state index is 12.4. The Morgan fingerprint density at radius 1 is 1.46 bits per heavy atom. The summed E-state index contributed by atoms with van der Waals surface area (Å²) in [5.74, 6) is 1.45. The highest BCUT2D eigenvalue weighted by atomic mass is 16.4. The van der Waals surface area contributed by atoms with Crippen LogP contribution in [0.3, 0.4) is 0 Å². The van der Waals surface area contributed by atoms with E-state index in [4.69, 9.17) is 4.42 Å². The van der Waals surface area contributed by atoms with Crippen molar-refractivity contribution in [1.82, 2.24) is 9.88 Å². The molecule has 1 aliphatic rings. The van der Waals surface area contributed by atoms with E-state index >= 15 is 0 Å². The lowest BCUT2D eigenvalue weighted by Crippen LogP contribution is -2.37. The fourth-order valence-electron chi connectivity index (χ4n) is 3.10. The van der Waals surface area contributed by atoms with E-state index in [1.54, 1.807) is 18.1 Å². The van der Waals surface area contributed by atoms with Crippen molar-refractivity contribution in [3.8, 4) is 11.5 Å². The molecule has 2 aromatic rings. The lowest BCUT2D eigenvalue weighted by atomic mass is 10.1. The Balaban J connectivity index is 1.63. The van der Waals surface area contributed by atoms with E-state index in [1.165, 1.54) is 0 Å². The second-order valence-corrected chi connectivity index (χ2v) is 6.43. The van der Waals surface area contributed by atoms with Crippen LogP contribution in [-0.4, -0.2) is 40.7 Å². The van der Waals surface area contributed by atoms with Gasteiger partial charge >= 0.3 is 6.03 Å². The third kappa shape index (κ3) is 3.76. The summed E-state index contributed by atoms with van der Waals surface area (Å²) in [6.07, 6.45) is 4.20. The van der Waals surface area contributed by atoms with Gasteiger partial charge in [0, 0.05) is 30.8 Å². The zero-order valence-electron chi connectivity index (χ0n) is 14.0. The van der Waals surface area contributed by atoms with Crippen molar-refractivity contribution < 1.29 is 14.3 Å². The Bertz CT molecular complexity index is 713. The number of aliphatic hydroxyl groups is 1. The fraction of sp³-hybridized carbons (Fsp3) is 0.444. The molecule has 3 rings (SSSR count). The molecule has 128 valence electrons. The molecule has 0 spiro atoms. The number of amides is 2. The van der Waals surface area contributed by atoms with Gasteiger partial charge in [0.25, 0.3) is 0 Å². The molecular formula is C18H23N3O3. The van der Waals surface area contributed by atoms with E-state index in [-0.39, 0.29) is 18.1 Å². The smallest absolute Gasteiger partial charge is 0.321 e. The zero-order chi connectivity index (χ0) is 17.1. The molecule has 0 bridgehead atoms. The Kier molecular flexibility index (Phi) is 4.85. The summed E-state index contributed by atoms with van der Waals surface area (Å²) < 4.78 is 5.52. The normalized spacial score (nSPS) is 20.1. The number of oxazole rings is 1. The second-order valence-electron chi connectivity index (χ2n) is 6.43. The summed E-state index contributed by atoms with van der Waals surface area (Å²) in [5.41, 5.74) is 1.50. The topological polar surface area (TPSA) is 78.6 Å². The summed E-state index contributed by atoms with van der Waals surface area (Å²) in [7, 11) is 1.75. The maximum absolute atomic E-state index is 12.4. The van der Waals surface area contributed by atoms with Gasteiger partial charge in [-0.05, 0) is 38.0 Å². The van der Waals surface area contributed by atoms with Crippen LogP contribution in [0.15, 0.2) is 34.9 Å². The van der Waals surface area contributed by atoms with E-state index in [0.717, 1.165) is 30.6 Å². The van der Waals surface area contributed by atoms with Gasteiger partial charge < -0.3 is 19.7 Å². The molecule has 1 fully saturated rings. The highest BCUT2D eigenvalue weighted by Gasteiger charge is 2.27. The van der Waals surface area contributed by atoms with Crippen molar-refractivity contribution in [3.63, 3.8) is 0 Å². The van der Waals surface area contributed by atoms with Crippen LogP contribution in [0, 0.1) is 12.8 Å². The zero-order valence-corrected chi connectivity index (χ0v) is 14.0. The second kappa shape index (κ2) is 7.05. The van der Waals surface area contributed by atoms with Crippen LogP contribution in [0.5, 0.6) is 0 Å². The third-order valence-electron chi connectivity index (χ3n) is 4.46. The van der Waals surface area contributed by atoms with Gasteiger partial charge in [-0.15, -0.1) is 0 Å². The molecule has 0 radical (unpaired) electrons. The van der Waals surface area contributed by atoms with Gasteiger partial charge in [0.05, 0.1) is 12.3 Å². The number of carbonyl (C=O) groups excluding carboxylic acids is 1. The van der Waals surface area contributed by atoms with Crippen molar-refractivity contribution in [3.05, 3.63) is 36.2 Å². The molecule has 6 heteroatoms. The lowest BCUT2D eigenvalue weighted by Gasteiger charge is -2.23. The number of aryl methyl sites for hydroxylation is 1. The minimum absolute atomic E-state index is 0.169. The molecule has 2 atom stereocenters. The number of carbonyl (C=O) groups is 1. The molecule has 0 saturated heterocycles. The summed E-state index contributed by atoms with van der Waals surface area (Å²) in [5, 5.41) is 12.8. The molecule has 2 unspecified atom stereocenters. The largest absolute Gasteiger partial charge is 0.441 e. The number of nitrogens with one attached hydrogen (secondary N) is 1. The van der Waals surface area contributed by atoms with Crippen molar-refractivity contribution >= 4 is 11.7 Å². The van der Waals surface area contributed by atoms with Crippen molar-refractivity contribution in [2.45, 2.75) is 32.3 Å². The van der Waals surface area contributed by atoms with Crippen LogP contribution in [-0.2, 0) is 0 Å². The van der Waals surface area contributed by atoms with Crippen LogP contribution in [0.4, 0.5) is 10.5 Å². The lowest BCUT2D eigenvalue weighted by molar-refractivity contribution is 0.116. The predicted molar refractivity (Wildman–Crippen MR) is 91.7 cm³/mol. The van der Waals surface area contributed by atoms with Crippen LogP contribution in [0.2, 0.25) is 0 Å². The number of aliphatic hydroxyl groups excluding tert-OH is 1. The molecule has 1 aromatic carbocycles. The summed E-state index contributed by atoms with van der Waals surface area (Å²) in [4.78, 5) is 18.2.